The molecule has 8 aromatic heterocycles. The highest BCUT2D eigenvalue weighted by molar-refractivity contribution is 6.10. The minimum absolute atomic E-state index is 0.198. The summed E-state index contributed by atoms with van der Waals surface area (Å²) in [5.41, 5.74) is 27.8. The SMILES string of the molecule is CC(C)N1c2ccccc2N(c2cccc(-c3cccn3C)[n+]2C)C1C.Cc1ccc2c(n1)oc1c(-c3cccc(N4c5ccccc5N(C(C)C)C4C)[n+]3C)c(C)ccc12.Cc1ccc2c(oc3ccccc32)c1-c1cccc(N2c3ccccc3N(C(C)C)C2C)[n+]1C.Cc1ccccc1-c1cccc(N2c3ccccc3N(C(C)C)C2C)[n+]1C. The van der Waals surface area contributed by atoms with E-state index in [1.807, 2.05) is 25.1 Å². The Morgan fingerprint density at radius 3 is 1.06 bits per heavy atom. The van der Waals surface area contributed by atoms with Gasteiger partial charge in [-0.05, 0) is 255 Å². The molecule has 0 radical (unpaired) electrons. The quantitative estimate of drug-likeness (QED) is 0.110. The number of nitrogens with zero attached hydrogens (tertiary/aromatic N) is 14. The van der Waals surface area contributed by atoms with Crippen LogP contribution in [0.3, 0.4) is 0 Å². The molecular weight excluding hydrogens is 1500 g/mol. The van der Waals surface area contributed by atoms with Crippen LogP contribution in [0.25, 0.3) is 89.2 Å². The van der Waals surface area contributed by atoms with Crippen LogP contribution >= 0.6 is 0 Å². The van der Waals surface area contributed by atoms with E-state index in [2.05, 4.69) is 461 Å². The van der Waals surface area contributed by atoms with Crippen molar-refractivity contribution >= 4 is 113 Å². The molecule has 16 nitrogen and oxygen atoms in total. The van der Waals surface area contributed by atoms with Crippen molar-refractivity contribution in [2.75, 3.05) is 39.2 Å². The van der Waals surface area contributed by atoms with Crippen molar-refractivity contribution in [3.05, 3.63) is 296 Å². The molecule has 618 valence electrons. The molecule has 4 aliphatic rings. The van der Waals surface area contributed by atoms with Gasteiger partial charge in [-0.3, -0.25) is 0 Å². The summed E-state index contributed by atoms with van der Waals surface area (Å²) in [7, 11) is 10.7. The minimum Gasteiger partial charge on any atom is -0.455 e. The van der Waals surface area contributed by atoms with Gasteiger partial charge in [0.05, 0.1) is 67.8 Å². The Morgan fingerprint density at radius 1 is 0.303 bits per heavy atom. The van der Waals surface area contributed by atoms with Gasteiger partial charge in [0.25, 0.3) is 23.3 Å². The van der Waals surface area contributed by atoms with Crippen LogP contribution in [-0.2, 0) is 35.2 Å². The maximum absolute atomic E-state index is 6.43. The lowest BCUT2D eigenvalue weighted by molar-refractivity contribution is -0.647. The molecular formula is C106H116N14O2+4. The van der Waals surface area contributed by atoms with Crippen LogP contribution in [0, 0.1) is 27.7 Å². The number of hydrogen-bond acceptors (Lipinski definition) is 11. The van der Waals surface area contributed by atoms with Gasteiger partial charge in [-0.2, -0.15) is 0 Å². The molecule has 20 rings (SSSR count). The van der Waals surface area contributed by atoms with E-state index in [-0.39, 0.29) is 24.7 Å². The van der Waals surface area contributed by atoms with E-state index in [1.165, 1.54) is 96.5 Å². The van der Waals surface area contributed by atoms with E-state index in [1.54, 1.807) is 0 Å². The number of rotatable bonds is 12. The van der Waals surface area contributed by atoms with Gasteiger partial charge >= 0.3 is 0 Å². The van der Waals surface area contributed by atoms with E-state index in [4.69, 9.17) is 8.83 Å². The third-order valence-corrected chi connectivity index (χ3v) is 25.6. The van der Waals surface area contributed by atoms with Gasteiger partial charge < -0.3 is 33.0 Å². The van der Waals surface area contributed by atoms with E-state index in [0.29, 0.717) is 29.9 Å². The Morgan fingerprint density at radius 2 is 0.648 bits per heavy atom. The molecule has 8 aromatic carbocycles. The van der Waals surface area contributed by atoms with Gasteiger partial charge in [0.15, 0.2) is 53.1 Å². The molecule has 122 heavy (non-hydrogen) atoms. The molecule has 0 amide bonds. The molecule has 0 aliphatic carbocycles. The fourth-order valence-corrected chi connectivity index (χ4v) is 20.1. The summed E-state index contributed by atoms with van der Waals surface area (Å²) >= 11 is 0. The topological polar surface area (TPSA) is 85.5 Å². The van der Waals surface area contributed by atoms with E-state index in [0.717, 1.165) is 78.1 Å². The number of pyridine rings is 5. The van der Waals surface area contributed by atoms with Crippen LogP contribution in [0.15, 0.2) is 282 Å². The van der Waals surface area contributed by atoms with Crippen LogP contribution in [0.1, 0.15) is 105 Å². The maximum Gasteiger partial charge on any atom is 0.283 e. The van der Waals surface area contributed by atoms with Crippen molar-refractivity contribution in [2.45, 2.75) is 160 Å². The van der Waals surface area contributed by atoms with Crippen LogP contribution in [0.2, 0.25) is 0 Å². The zero-order chi connectivity index (χ0) is 85.5. The fourth-order valence-electron chi connectivity index (χ4n) is 20.1. The van der Waals surface area contributed by atoms with Gasteiger partial charge in [-0.25, -0.2) is 42.9 Å². The van der Waals surface area contributed by atoms with E-state index >= 15 is 0 Å². The highest BCUT2D eigenvalue weighted by atomic mass is 16.3. The van der Waals surface area contributed by atoms with Crippen molar-refractivity contribution in [3.8, 4) is 45.2 Å². The monoisotopic (exact) mass is 1620 g/mol. The molecule has 4 aliphatic heterocycles. The first kappa shape index (κ1) is 81.2. The van der Waals surface area contributed by atoms with Crippen LogP contribution < -0.4 is 57.5 Å². The molecule has 12 heterocycles. The first-order chi connectivity index (χ1) is 58.8. The largest absolute Gasteiger partial charge is 0.455 e. The number of anilines is 12. The average molecular weight is 1620 g/mol. The number of furan rings is 2. The average Bonchev–Trinajstić information content (AvgIpc) is 2.00. The van der Waals surface area contributed by atoms with Crippen LogP contribution in [-0.4, -0.2) is 58.4 Å². The second kappa shape index (κ2) is 32.7. The highest BCUT2D eigenvalue weighted by Gasteiger charge is 2.47. The Bertz CT molecular complexity index is 6630. The molecule has 4 atom stereocenters. The standard InChI is InChI=1S/C30H31N4O.C30H30N3O.C24H28N3.C22H27N4/c1-18(2)33-21(5)34(25-11-8-7-10-24(25)33)27-13-9-12-26(32(27)6)28-19(3)14-16-22-23-17-15-20(4)31-30(23)35-29(22)28;1-19(2)32-21(4)33(25-13-8-7-12-24(25)32)28-16-10-14-26(31(28)5)29-20(3)17-18-23-22-11-6-9-15-27(22)34-30(23)29;1-17(2)26-19(4)27(23-14-9-8-13-22(23)26)24-16-10-15-21(25(24)5)20-12-7-6-11-18(20)3;1-16(2)25-17(3)26(21-11-7-6-10-20(21)25)22-14-8-12-19(24(22)5)18-13-9-15-23(18)4/h7-18,21H,1-6H3;6-19,21H,1-5H3;6-17,19H,1-5H3;6-17H,1-5H3/q4*+1. The smallest absolute Gasteiger partial charge is 0.283 e. The molecule has 0 bridgehead atoms. The summed E-state index contributed by atoms with van der Waals surface area (Å²) in [5.74, 6) is 4.71. The molecule has 16 aromatic rings. The lowest BCUT2D eigenvalue weighted by Crippen LogP contribution is -2.47. The molecule has 0 N–H and O–H groups in total. The predicted molar refractivity (Wildman–Crippen MR) is 505 cm³/mol. The van der Waals surface area contributed by atoms with Crippen molar-refractivity contribution in [1.82, 2.24) is 9.55 Å². The van der Waals surface area contributed by atoms with Gasteiger partial charge in [-0.1, -0.05) is 115 Å². The first-order valence-electron chi connectivity index (χ1n) is 43.4. The Labute approximate surface area is 719 Å². The molecule has 0 spiro atoms. The van der Waals surface area contributed by atoms with E-state index < -0.39 is 0 Å². The lowest BCUT2D eigenvalue weighted by atomic mass is 10.0. The number of aromatic nitrogens is 6. The molecule has 0 saturated carbocycles. The van der Waals surface area contributed by atoms with Crippen LogP contribution in [0.5, 0.6) is 0 Å². The zero-order valence-corrected chi connectivity index (χ0v) is 74.7. The zero-order valence-electron chi connectivity index (χ0n) is 74.7. The van der Waals surface area contributed by atoms with Crippen molar-refractivity contribution < 1.29 is 27.1 Å². The van der Waals surface area contributed by atoms with Crippen molar-refractivity contribution in [1.29, 1.82) is 0 Å². The second-order valence-electron chi connectivity index (χ2n) is 34.4. The minimum atomic E-state index is 0.198. The normalized spacial score (nSPS) is 15.9. The molecule has 16 heteroatoms. The lowest BCUT2D eigenvalue weighted by Gasteiger charge is -2.29. The highest BCUT2D eigenvalue weighted by Crippen LogP contribution is 2.50. The summed E-state index contributed by atoms with van der Waals surface area (Å²) < 4.78 is 24.2. The second-order valence-corrected chi connectivity index (χ2v) is 34.4. The summed E-state index contributed by atoms with van der Waals surface area (Å²) in [6.07, 6.45) is 3.03. The summed E-state index contributed by atoms with van der Waals surface area (Å²) in [4.78, 5) is 24.4. The summed E-state index contributed by atoms with van der Waals surface area (Å²) in [5, 5.41) is 4.48. The van der Waals surface area contributed by atoms with Gasteiger partial charge in [0, 0.05) is 94.5 Å². The van der Waals surface area contributed by atoms with Gasteiger partial charge in [0.2, 0.25) is 5.71 Å². The summed E-state index contributed by atoms with van der Waals surface area (Å²) in [6.45, 7) is 35.7. The van der Waals surface area contributed by atoms with Crippen molar-refractivity contribution in [2.24, 2.45) is 35.2 Å². The molecule has 0 saturated heterocycles. The number of fused-ring (bicyclic) bond motifs is 10. The Balaban J connectivity index is 0.000000117. The Hall–Kier alpha value is -13.2. The number of para-hydroxylation sites is 9. The van der Waals surface area contributed by atoms with Gasteiger partial charge in [-0.15, -0.1) is 0 Å². The van der Waals surface area contributed by atoms with E-state index in [9.17, 15) is 0 Å². The Kier molecular flexibility index (Phi) is 21.8. The van der Waals surface area contributed by atoms with Crippen LogP contribution in [0.4, 0.5) is 68.8 Å². The maximum atomic E-state index is 6.43. The first-order valence-corrected chi connectivity index (χ1v) is 43.4. The molecule has 0 fully saturated rings. The summed E-state index contributed by atoms with van der Waals surface area (Å²) in [6, 6.07) is 96.9. The number of aryl methyl sites for hydroxylation is 5. The third kappa shape index (κ3) is 13.8. The van der Waals surface area contributed by atoms with Gasteiger partial charge in [0.1, 0.15) is 33.8 Å². The third-order valence-electron chi connectivity index (χ3n) is 25.6. The van der Waals surface area contributed by atoms with Crippen molar-refractivity contribution in [3.63, 3.8) is 0 Å². The fraction of sp³-hybridized carbons (Fsp3) is 0.274. The molecule has 4 unspecified atom stereocenters. The predicted octanol–water partition coefficient (Wildman–Crippen LogP) is 23.3. The number of hydrogen-bond donors (Lipinski definition) is 0. The number of benzene rings is 8.